The molecule has 3 atom stereocenters. The van der Waals surface area contributed by atoms with Crippen molar-refractivity contribution in [2.45, 2.75) is 28.6 Å². The minimum atomic E-state index is -4.08. The van der Waals surface area contributed by atoms with Crippen molar-refractivity contribution in [1.29, 1.82) is 0 Å². The van der Waals surface area contributed by atoms with Gasteiger partial charge >= 0.3 is 0 Å². The molecular weight excluding hydrogens is 340 g/mol. The Balaban J connectivity index is 2.09. The normalized spacial score (nSPS) is 27.3. The molecule has 0 aromatic heterocycles. The Bertz CT molecular complexity index is 805. The summed E-state index contributed by atoms with van der Waals surface area (Å²) in [6.45, 7) is 0. The quantitative estimate of drug-likeness (QED) is 0.463. The molecule has 9 heteroatoms. The molecule has 2 bridgehead atoms. The molecule has 2 aliphatic rings. The number of benzene rings is 1. The van der Waals surface area contributed by atoms with Gasteiger partial charge in [-0.15, -0.1) is 0 Å². The summed E-state index contributed by atoms with van der Waals surface area (Å²) in [4.78, 5) is 22.2. The van der Waals surface area contributed by atoms with Gasteiger partial charge in [0, 0.05) is 12.5 Å². The Hall–Kier alpha value is -1.71. The first-order chi connectivity index (χ1) is 10.9. The summed E-state index contributed by atoms with van der Waals surface area (Å²) in [7, 11) is -4.08. The van der Waals surface area contributed by atoms with E-state index in [1.165, 1.54) is 40.3 Å². The van der Waals surface area contributed by atoms with Gasteiger partial charge in [-0.25, -0.2) is 8.42 Å². The number of sulfonamides is 1. The molecule has 0 saturated carbocycles. The third kappa shape index (κ3) is 2.48. The Kier molecular flexibility index (Phi) is 4.03. The second kappa shape index (κ2) is 5.73. The van der Waals surface area contributed by atoms with Gasteiger partial charge in [-0.05, 0) is 12.3 Å². The van der Waals surface area contributed by atoms with E-state index in [1.807, 2.05) is 0 Å². The predicted octanol–water partition coefficient (Wildman–Crippen LogP) is 1.60. The van der Waals surface area contributed by atoms with Gasteiger partial charge in [-0.3, -0.25) is 14.9 Å². The van der Waals surface area contributed by atoms with Crippen molar-refractivity contribution < 1.29 is 18.1 Å². The monoisotopic (exact) mass is 354 g/mol. The average molecular weight is 354 g/mol. The Morgan fingerprint density at radius 2 is 2.00 bits per heavy atom. The van der Waals surface area contributed by atoms with Crippen LogP contribution in [0.5, 0.6) is 0 Å². The van der Waals surface area contributed by atoms with Crippen LogP contribution in [0, 0.1) is 10.1 Å². The number of rotatable bonds is 4. The maximum atomic E-state index is 13.0. The molecule has 0 radical (unpaired) electrons. The second-order valence-electron chi connectivity index (χ2n) is 5.33. The molecule has 3 unspecified atom stereocenters. The molecule has 23 heavy (non-hydrogen) atoms. The van der Waals surface area contributed by atoms with Crippen LogP contribution in [0.15, 0.2) is 41.3 Å². The molecule has 3 rings (SSSR count). The lowest BCUT2D eigenvalue weighted by Crippen LogP contribution is -2.53. The standard InChI is InChI=1S/C14H14N2O5S2/c1-22-14-11-7-6-9(8-12(14)17)15(11)23(20,21)13-5-3-2-4-10(13)16(18)19/h2-7,9,11,14H,8H2,1H3. The summed E-state index contributed by atoms with van der Waals surface area (Å²) in [5.41, 5.74) is -0.454. The fourth-order valence-corrected chi connectivity index (χ4v) is 5.92. The summed E-state index contributed by atoms with van der Waals surface area (Å²) in [5, 5.41) is 10.7. The van der Waals surface area contributed by atoms with Crippen LogP contribution in [-0.2, 0) is 14.8 Å². The first-order valence-electron chi connectivity index (χ1n) is 6.88. The number of carbonyl (C=O) groups excluding carboxylic acids is 1. The summed E-state index contributed by atoms with van der Waals surface area (Å²) in [6.07, 6.45) is 5.26. The van der Waals surface area contributed by atoms with Gasteiger partial charge in [0.25, 0.3) is 15.7 Å². The zero-order chi connectivity index (χ0) is 16.8. The van der Waals surface area contributed by atoms with E-state index < -0.39 is 38.0 Å². The lowest BCUT2D eigenvalue weighted by Gasteiger charge is -2.37. The van der Waals surface area contributed by atoms with Crippen LogP contribution >= 0.6 is 11.8 Å². The molecule has 2 heterocycles. The highest BCUT2D eigenvalue weighted by atomic mass is 32.2. The van der Waals surface area contributed by atoms with Crippen LogP contribution in [0.4, 0.5) is 5.69 Å². The van der Waals surface area contributed by atoms with Crippen LogP contribution in [0.25, 0.3) is 0 Å². The third-order valence-electron chi connectivity index (χ3n) is 4.06. The van der Waals surface area contributed by atoms with E-state index in [1.54, 1.807) is 18.4 Å². The van der Waals surface area contributed by atoms with Crippen LogP contribution in [0.1, 0.15) is 6.42 Å². The minimum Gasteiger partial charge on any atom is -0.298 e. The number of hydrogen-bond donors (Lipinski definition) is 0. The van der Waals surface area contributed by atoms with Crippen molar-refractivity contribution in [3.05, 3.63) is 46.5 Å². The summed E-state index contributed by atoms with van der Waals surface area (Å²) in [6, 6.07) is 4.12. The largest absolute Gasteiger partial charge is 0.298 e. The number of carbonyl (C=O) groups is 1. The van der Waals surface area contributed by atoms with E-state index in [-0.39, 0.29) is 17.1 Å². The van der Waals surface area contributed by atoms with E-state index in [4.69, 9.17) is 0 Å². The van der Waals surface area contributed by atoms with Gasteiger partial charge in [0.05, 0.1) is 22.3 Å². The van der Waals surface area contributed by atoms with Crippen molar-refractivity contribution in [3.8, 4) is 0 Å². The number of ketones is 1. The van der Waals surface area contributed by atoms with Crippen molar-refractivity contribution in [3.63, 3.8) is 0 Å². The highest BCUT2D eigenvalue weighted by Gasteiger charge is 2.50. The minimum absolute atomic E-state index is 0.00603. The maximum Gasteiger partial charge on any atom is 0.289 e. The first-order valence-corrected chi connectivity index (χ1v) is 9.61. The van der Waals surface area contributed by atoms with E-state index in [2.05, 4.69) is 0 Å². The number of piperidine rings is 1. The molecule has 1 saturated heterocycles. The molecule has 122 valence electrons. The molecule has 1 aromatic carbocycles. The predicted molar refractivity (Wildman–Crippen MR) is 85.8 cm³/mol. The average Bonchev–Trinajstić information content (AvgIpc) is 2.85. The lowest BCUT2D eigenvalue weighted by molar-refractivity contribution is -0.387. The zero-order valence-electron chi connectivity index (χ0n) is 12.2. The maximum absolute atomic E-state index is 13.0. The van der Waals surface area contributed by atoms with Crippen molar-refractivity contribution in [1.82, 2.24) is 4.31 Å². The van der Waals surface area contributed by atoms with E-state index in [0.717, 1.165) is 0 Å². The molecule has 1 fully saturated rings. The number of nitro benzene ring substituents is 1. The molecule has 0 N–H and O–H groups in total. The molecule has 0 amide bonds. The van der Waals surface area contributed by atoms with Gasteiger partial charge in [-0.1, -0.05) is 24.3 Å². The van der Waals surface area contributed by atoms with Crippen molar-refractivity contribution in [2.75, 3.05) is 6.26 Å². The SMILES string of the molecule is CSC1C(=O)CC2C=CC1N2S(=O)(=O)c1ccccc1[N+](=O)[O-]. The Morgan fingerprint density at radius 3 is 2.65 bits per heavy atom. The smallest absolute Gasteiger partial charge is 0.289 e. The van der Waals surface area contributed by atoms with E-state index >= 15 is 0 Å². The van der Waals surface area contributed by atoms with Crippen molar-refractivity contribution in [2.24, 2.45) is 0 Å². The number of nitro groups is 1. The van der Waals surface area contributed by atoms with Gasteiger partial charge in [0.2, 0.25) is 0 Å². The van der Waals surface area contributed by atoms with Gasteiger partial charge in [-0.2, -0.15) is 16.1 Å². The van der Waals surface area contributed by atoms with Gasteiger partial charge < -0.3 is 0 Å². The van der Waals surface area contributed by atoms with Crippen LogP contribution in [0.2, 0.25) is 0 Å². The zero-order valence-corrected chi connectivity index (χ0v) is 13.8. The Morgan fingerprint density at radius 1 is 1.30 bits per heavy atom. The van der Waals surface area contributed by atoms with E-state index in [9.17, 15) is 23.3 Å². The number of para-hydroxylation sites is 1. The highest BCUT2D eigenvalue weighted by Crippen LogP contribution is 2.39. The number of Topliss-reactive ketones (excluding diaryl/α,β-unsaturated/α-hetero) is 1. The summed E-state index contributed by atoms with van der Waals surface area (Å²) < 4.78 is 27.2. The molecule has 0 aliphatic carbocycles. The molecule has 1 aromatic rings. The number of nitrogens with zero attached hydrogens (tertiary/aromatic N) is 2. The highest BCUT2D eigenvalue weighted by molar-refractivity contribution is 8.00. The second-order valence-corrected chi connectivity index (χ2v) is 8.12. The summed E-state index contributed by atoms with van der Waals surface area (Å²) >= 11 is 1.30. The first kappa shape index (κ1) is 16.2. The van der Waals surface area contributed by atoms with Crippen LogP contribution < -0.4 is 0 Å². The van der Waals surface area contributed by atoms with Crippen LogP contribution in [0.3, 0.4) is 0 Å². The van der Waals surface area contributed by atoms with Gasteiger partial charge in [0.15, 0.2) is 4.90 Å². The van der Waals surface area contributed by atoms with Crippen LogP contribution in [-0.4, -0.2) is 47.0 Å². The van der Waals surface area contributed by atoms with E-state index in [0.29, 0.717) is 0 Å². The van der Waals surface area contributed by atoms with Crippen molar-refractivity contribution >= 4 is 33.3 Å². The molecule has 7 nitrogen and oxygen atoms in total. The number of hydrogen-bond acceptors (Lipinski definition) is 6. The third-order valence-corrected chi connectivity index (χ3v) is 7.08. The fourth-order valence-electron chi connectivity index (χ4n) is 3.09. The Labute approximate surface area is 137 Å². The topological polar surface area (TPSA) is 97.6 Å². The number of thioether (sulfide) groups is 1. The number of fused-ring (bicyclic) bond motifs is 2. The molecule has 0 spiro atoms. The molecule has 2 aliphatic heterocycles. The van der Waals surface area contributed by atoms with Gasteiger partial charge in [0.1, 0.15) is 5.78 Å². The summed E-state index contributed by atoms with van der Waals surface area (Å²) in [5.74, 6) is 0.00603. The molecular formula is C14H14N2O5S2. The lowest BCUT2D eigenvalue weighted by atomic mass is 10.0. The fraction of sp³-hybridized carbons (Fsp3) is 0.357.